The summed E-state index contributed by atoms with van der Waals surface area (Å²) in [6, 6.07) is 13.7. The predicted molar refractivity (Wildman–Crippen MR) is 296 cm³/mol. The molecule has 444 valence electrons. The van der Waals surface area contributed by atoms with E-state index in [2.05, 4.69) is 0 Å². The lowest BCUT2D eigenvalue weighted by Gasteiger charge is -2.42. The first kappa shape index (κ1) is 59.1. The van der Waals surface area contributed by atoms with E-state index < -0.39 is 115 Å². The van der Waals surface area contributed by atoms with Crippen molar-refractivity contribution in [3.05, 3.63) is 170 Å². The molecule has 0 radical (unpaired) electrons. The lowest BCUT2D eigenvalue weighted by molar-refractivity contribution is -0.385. The standard InChI is InChI=1S/C54H54N6O21S3/c1-76-49-31-10-37-22-46(82(67,68)69)24-39-12-33-18-44(59(63)64)20-35(50(33)77-2)14-41-26-48(84(73,74)75)27-42-15-36-21-45(60(65)66)19-34(51(36)78-3)13-40-25-47(83(70,71)72)23-38(11-32(49)17-43(16-31)58(61)62)53(40)80-8-5-56-28-55(4-7-79-52(37)39)29-57(30-56)6-9-81-54(41)42/h16-27H,4-15,28-30H2,1-3H3,(H,67,68,69)(H,70,71,72)(H,73,74,75). The molecule has 0 unspecified atom stereocenters. The van der Waals surface area contributed by atoms with Gasteiger partial charge >= 0.3 is 0 Å². The number of nitro benzene ring substituents is 3. The number of benzene rings is 6. The molecule has 1 saturated heterocycles. The first-order valence-electron chi connectivity index (χ1n) is 25.8. The molecule has 10 rings (SSSR count). The van der Waals surface area contributed by atoms with Crippen LogP contribution in [0.1, 0.15) is 66.8 Å². The lowest BCUT2D eigenvalue weighted by atomic mass is 9.90. The maximum Gasteiger partial charge on any atom is 0.294 e. The Morgan fingerprint density at radius 1 is 0.381 bits per heavy atom. The van der Waals surface area contributed by atoms with E-state index in [-0.39, 0.29) is 141 Å². The Labute approximate surface area is 480 Å². The molecule has 84 heavy (non-hydrogen) atoms. The third-order valence-electron chi connectivity index (χ3n) is 14.9. The van der Waals surface area contributed by atoms with Gasteiger partial charge in [-0.3, -0.25) is 58.7 Å². The summed E-state index contributed by atoms with van der Waals surface area (Å²) in [5.41, 5.74) is -1.00. The average Bonchev–Trinajstić information content (AvgIpc) is 1.83. The second kappa shape index (κ2) is 23.2. The van der Waals surface area contributed by atoms with Gasteiger partial charge in [-0.2, -0.15) is 25.3 Å². The minimum absolute atomic E-state index is 0.0104. The van der Waals surface area contributed by atoms with Crippen molar-refractivity contribution in [3.8, 4) is 34.5 Å². The molecule has 0 amide bonds. The highest BCUT2D eigenvalue weighted by Gasteiger charge is 2.32. The van der Waals surface area contributed by atoms with Crippen molar-refractivity contribution >= 4 is 47.4 Å². The molecule has 0 atom stereocenters. The van der Waals surface area contributed by atoms with Crippen LogP contribution in [0.15, 0.2) is 87.5 Å². The van der Waals surface area contributed by atoms with Crippen LogP contribution in [0.25, 0.3) is 0 Å². The smallest absolute Gasteiger partial charge is 0.294 e. The summed E-state index contributed by atoms with van der Waals surface area (Å²) >= 11 is 0. The molecule has 0 spiro atoms. The number of fused-ring (bicyclic) bond motifs is 12. The molecule has 4 aliphatic rings. The summed E-state index contributed by atoms with van der Waals surface area (Å²) in [6.07, 6.45) is -2.52. The van der Waals surface area contributed by atoms with Gasteiger partial charge < -0.3 is 28.4 Å². The average molecular weight is 1220 g/mol. The summed E-state index contributed by atoms with van der Waals surface area (Å²) in [5.74, 6) is -0.0168. The van der Waals surface area contributed by atoms with Crippen LogP contribution in [0, 0.1) is 30.3 Å². The number of nitrogens with zero attached hydrogens (tertiary/aromatic N) is 6. The first-order valence-corrected chi connectivity index (χ1v) is 30.1. The zero-order chi connectivity index (χ0) is 60.2. The van der Waals surface area contributed by atoms with E-state index in [1.54, 1.807) is 0 Å². The summed E-state index contributed by atoms with van der Waals surface area (Å²) in [7, 11) is -11.5. The molecule has 0 aromatic heterocycles. The minimum Gasteiger partial charge on any atom is -0.496 e. The highest BCUT2D eigenvalue weighted by Crippen LogP contribution is 2.44. The molecule has 4 aliphatic heterocycles. The van der Waals surface area contributed by atoms with Crippen LogP contribution in [-0.2, 0) is 68.9 Å². The van der Waals surface area contributed by atoms with Gasteiger partial charge in [0.1, 0.15) is 54.3 Å². The van der Waals surface area contributed by atoms with Gasteiger partial charge in [0.25, 0.3) is 47.4 Å². The molecule has 0 aliphatic carbocycles. The Morgan fingerprint density at radius 2 is 0.583 bits per heavy atom. The van der Waals surface area contributed by atoms with Crippen molar-refractivity contribution in [1.82, 2.24) is 14.7 Å². The summed E-state index contributed by atoms with van der Waals surface area (Å²) in [6.45, 7) is 1.18. The van der Waals surface area contributed by atoms with E-state index in [1.165, 1.54) is 57.7 Å². The van der Waals surface area contributed by atoms with Crippen molar-refractivity contribution in [2.24, 2.45) is 0 Å². The third-order valence-corrected chi connectivity index (χ3v) is 17.4. The van der Waals surface area contributed by atoms with Gasteiger partial charge in [-0.05, 0) is 36.4 Å². The molecule has 27 nitrogen and oxygen atoms in total. The van der Waals surface area contributed by atoms with Crippen LogP contribution in [0.4, 0.5) is 17.1 Å². The zero-order valence-electron chi connectivity index (χ0n) is 45.1. The fourth-order valence-electron chi connectivity index (χ4n) is 11.5. The van der Waals surface area contributed by atoms with Crippen LogP contribution >= 0.6 is 0 Å². The third kappa shape index (κ3) is 12.4. The molecular weight excluding hydrogens is 1160 g/mol. The van der Waals surface area contributed by atoms with Gasteiger partial charge in [0, 0.05) is 161 Å². The highest BCUT2D eigenvalue weighted by molar-refractivity contribution is 7.86. The van der Waals surface area contributed by atoms with Gasteiger partial charge in [0.15, 0.2) is 0 Å². The predicted octanol–water partition coefficient (Wildman–Crippen LogP) is 5.99. The Morgan fingerprint density at radius 3 is 0.750 bits per heavy atom. The molecule has 6 aromatic rings. The molecular formula is C54H54N6O21S3. The quantitative estimate of drug-likeness (QED) is 0.0848. The molecule has 30 heteroatoms. The Balaban J connectivity index is 1.38. The number of rotatable bonds is 9. The summed E-state index contributed by atoms with van der Waals surface area (Å²) in [5, 5.41) is 38.8. The molecule has 4 heterocycles. The van der Waals surface area contributed by atoms with Crippen molar-refractivity contribution < 1.29 is 82.1 Å². The van der Waals surface area contributed by atoms with Crippen LogP contribution in [0.3, 0.4) is 0 Å². The van der Waals surface area contributed by atoms with E-state index in [0.29, 0.717) is 20.0 Å². The van der Waals surface area contributed by atoms with Crippen LogP contribution in [0.2, 0.25) is 0 Å². The number of hydrogen-bond acceptors (Lipinski definition) is 21. The van der Waals surface area contributed by atoms with E-state index in [1.807, 2.05) is 14.7 Å². The van der Waals surface area contributed by atoms with Crippen molar-refractivity contribution in [1.29, 1.82) is 0 Å². The van der Waals surface area contributed by atoms with Gasteiger partial charge in [-0.1, -0.05) is 0 Å². The molecule has 0 saturated carbocycles. The van der Waals surface area contributed by atoms with Gasteiger partial charge in [0.2, 0.25) is 0 Å². The molecule has 12 bridgehead atoms. The number of nitro groups is 3. The van der Waals surface area contributed by atoms with Crippen molar-refractivity contribution in [3.63, 3.8) is 0 Å². The van der Waals surface area contributed by atoms with E-state index in [9.17, 15) is 69.3 Å². The Bertz CT molecular complexity index is 3510. The van der Waals surface area contributed by atoms with E-state index in [0.717, 1.165) is 36.4 Å². The largest absolute Gasteiger partial charge is 0.496 e. The van der Waals surface area contributed by atoms with Crippen molar-refractivity contribution in [2.45, 2.75) is 53.2 Å². The number of non-ortho nitro benzene ring substituents is 3. The fourth-order valence-corrected chi connectivity index (χ4v) is 13.3. The second-order valence-corrected chi connectivity index (χ2v) is 24.8. The summed E-state index contributed by atoms with van der Waals surface area (Å²) < 4.78 is 151. The Kier molecular flexibility index (Phi) is 16.3. The van der Waals surface area contributed by atoms with Gasteiger partial charge in [-0.15, -0.1) is 0 Å². The topological polar surface area (TPSA) is 358 Å². The Hall–Kier alpha value is -8.07. The van der Waals surface area contributed by atoms with Crippen molar-refractivity contribution in [2.75, 3.05) is 80.8 Å². The zero-order valence-corrected chi connectivity index (χ0v) is 47.6. The molecule has 3 N–H and O–H groups in total. The minimum atomic E-state index is -5.11. The molecule has 1 fully saturated rings. The number of hydrogen-bond donors (Lipinski definition) is 3. The molecule has 6 aromatic carbocycles. The second-order valence-electron chi connectivity index (χ2n) is 20.5. The SMILES string of the molecule is COc1c2cc([N+](=O)[O-])cc1Cc1cc(S(=O)(=O)O)cc3c1OCCN1CN4CCOc5c(cc(S(=O)(=O)O)cc5Cc5cc([N+](=O)[O-])cc(c5OC)Cc5cc(S(=O)(=O)O)cc(c5OCCN(C4)C1)Cc1cc([N+](=O)[O-])cc(c1OC)C3)C2. The van der Waals surface area contributed by atoms with Crippen LogP contribution in [-0.4, -0.2) is 149 Å². The van der Waals surface area contributed by atoms with E-state index >= 15 is 0 Å². The monoisotopic (exact) mass is 1220 g/mol. The maximum atomic E-state index is 13.4. The van der Waals surface area contributed by atoms with Crippen LogP contribution < -0.4 is 28.4 Å². The number of ether oxygens (including phenoxy) is 6. The summed E-state index contributed by atoms with van der Waals surface area (Å²) in [4.78, 5) is 40.8. The maximum absolute atomic E-state index is 13.4. The van der Waals surface area contributed by atoms with Gasteiger partial charge in [0.05, 0.1) is 70.8 Å². The fraction of sp³-hybridized carbons (Fsp3) is 0.333. The lowest BCUT2D eigenvalue weighted by Crippen LogP contribution is -2.56. The van der Waals surface area contributed by atoms with Gasteiger partial charge in [-0.25, -0.2) is 0 Å². The van der Waals surface area contributed by atoms with Crippen LogP contribution in [0.5, 0.6) is 34.5 Å². The number of methoxy groups -OCH3 is 3. The van der Waals surface area contributed by atoms with E-state index in [4.69, 9.17) is 28.4 Å². The normalized spacial score (nSPS) is 18.1. The first-order chi connectivity index (χ1) is 39.8. The highest BCUT2D eigenvalue weighted by atomic mass is 32.2.